The van der Waals surface area contributed by atoms with Crippen LogP contribution in [0.4, 0.5) is 0 Å². The molecule has 0 amide bonds. The molecule has 2 heterocycles. The summed E-state index contributed by atoms with van der Waals surface area (Å²) in [5.41, 5.74) is 2.58. The Balaban J connectivity index is 1.89. The highest BCUT2D eigenvalue weighted by Gasteiger charge is 2.30. The number of rotatable bonds is 4. The van der Waals surface area contributed by atoms with Gasteiger partial charge in [-0.05, 0) is 52.2 Å². The minimum atomic E-state index is 0.131. The van der Waals surface area contributed by atoms with Gasteiger partial charge in [-0.2, -0.15) is 0 Å². The highest BCUT2D eigenvalue weighted by atomic mass is 32.1. The summed E-state index contributed by atoms with van der Waals surface area (Å²) in [7, 11) is 0. The van der Waals surface area contributed by atoms with Crippen molar-refractivity contribution in [3.63, 3.8) is 0 Å². The summed E-state index contributed by atoms with van der Waals surface area (Å²) in [6, 6.07) is 2.00. The summed E-state index contributed by atoms with van der Waals surface area (Å²) in [5, 5.41) is 4.60. The fourth-order valence-corrected chi connectivity index (χ4v) is 3.34. The molecule has 20 heavy (non-hydrogen) atoms. The summed E-state index contributed by atoms with van der Waals surface area (Å²) in [6.45, 7) is 9.56. The van der Waals surface area contributed by atoms with Gasteiger partial charge < -0.3 is 9.73 Å². The second-order valence-corrected chi connectivity index (χ2v) is 7.72. The van der Waals surface area contributed by atoms with Crippen molar-refractivity contribution >= 4 is 11.3 Å². The molecule has 4 heteroatoms. The second kappa shape index (κ2) is 5.01. The Bertz CT molecular complexity index is 602. The number of aryl methyl sites for hydroxylation is 1. The largest absolute Gasteiger partial charge is 0.462 e. The molecule has 0 aromatic carbocycles. The van der Waals surface area contributed by atoms with Gasteiger partial charge in [-0.25, -0.2) is 4.98 Å². The number of furan rings is 1. The molecule has 1 aliphatic carbocycles. The summed E-state index contributed by atoms with van der Waals surface area (Å²) < 4.78 is 5.59. The maximum absolute atomic E-state index is 5.59. The van der Waals surface area contributed by atoms with Crippen molar-refractivity contribution in [2.45, 2.75) is 58.5 Å². The van der Waals surface area contributed by atoms with Gasteiger partial charge in [-0.3, -0.25) is 0 Å². The molecule has 0 aliphatic heterocycles. The molecular formula is C16H22N2OS. The minimum absolute atomic E-state index is 0.131. The molecule has 2 aromatic heterocycles. The molecule has 0 bridgehead atoms. The Kier molecular flexibility index (Phi) is 3.46. The van der Waals surface area contributed by atoms with E-state index in [2.05, 4.69) is 33.0 Å². The first-order valence-corrected chi connectivity index (χ1v) is 8.05. The molecule has 0 spiro atoms. The topological polar surface area (TPSA) is 38.1 Å². The van der Waals surface area contributed by atoms with Crippen LogP contribution >= 0.6 is 11.3 Å². The Labute approximate surface area is 124 Å². The Morgan fingerprint density at radius 1 is 1.40 bits per heavy atom. The van der Waals surface area contributed by atoms with E-state index >= 15 is 0 Å². The minimum Gasteiger partial charge on any atom is -0.462 e. The van der Waals surface area contributed by atoms with Crippen LogP contribution in [0.2, 0.25) is 0 Å². The van der Waals surface area contributed by atoms with Gasteiger partial charge in [0.1, 0.15) is 0 Å². The maximum atomic E-state index is 5.59. The van der Waals surface area contributed by atoms with Crippen LogP contribution in [0.1, 0.15) is 55.7 Å². The highest BCUT2D eigenvalue weighted by molar-refractivity contribution is 7.15. The Morgan fingerprint density at radius 2 is 2.15 bits per heavy atom. The van der Waals surface area contributed by atoms with Crippen LogP contribution in [-0.4, -0.2) is 10.5 Å². The van der Waals surface area contributed by atoms with E-state index in [0.717, 1.165) is 22.9 Å². The quantitative estimate of drug-likeness (QED) is 0.902. The third-order valence-corrected chi connectivity index (χ3v) is 4.60. The molecule has 0 radical (unpaired) electrons. The standard InChI is InChI=1S/C16H22N2OS/c1-10-7-8-19-14(10)15-18-13(11-5-6-11)12(20-15)9-17-16(2,3)4/h7-8,11,17H,5-6,9H2,1-4H3. The average Bonchev–Trinajstić information content (AvgIpc) is 2.98. The lowest BCUT2D eigenvalue weighted by Crippen LogP contribution is -2.35. The smallest absolute Gasteiger partial charge is 0.165 e. The Hall–Kier alpha value is -1.13. The molecule has 1 aliphatic rings. The number of nitrogens with zero attached hydrogens (tertiary/aromatic N) is 1. The van der Waals surface area contributed by atoms with Gasteiger partial charge in [0.05, 0.1) is 12.0 Å². The van der Waals surface area contributed by atoms with E-state index in [-0.39, 0.29) is 5.54 Å². The second-order valence-electron chi connectivity index (χ2n) is 6.64. The summed E-state index contributed by atoms with van der Waals surface area (Å²) in [6.07, 6.45) is 4.31. The van der Waals surface area contributed by atoms with Crippen molar-refractivity contribution in [2.24, 2.45) is 0 Å². The zero-order valence-electron chi connectivity index (χ0n) is 12.6. The van der Waals surface area contributed by atoms with Crippen LogP contribution in [0.5, 0.6) is 0 Å². The van der Waals surface area contributed by atoms with Gasteiger partial charge >= 0.3 is 0 Å². The zero-order valence-corrected chi connectivity index (χ0v) is 13.4. The van der Waals surface area contributed by atoms with Crippen LogP contribution < -0.4 is 5.32 Å². The molecule has 0 unspecified atom stereocenters. The third kappa shape index (κ3) is 2.96. The van der Waals surface area contributed by atoms with E-state index in [1.807, 2.05) is 6.07 Å². The lowest BCUT2D eigenvalue weighted by atomic mass is 10.1. The van der Waals surface area contributed by atoms with Gasteiger partial charge in [-0.15, -0.1) is 11.3 Å². The molecule has 1 fully saturated rings. The molecule has 1 saturated carbocycles. The molecule has 0 saturated heterocycles. The van der Waals surface area contributed by atoms with Gasteiger partial charge in [0.15, 0.2) is 10.8 Å². The van der Waals surface area contributed by atoms with Crippen LogP contribution in [0.25, 0.3) is 10.8 Å². The number of hydrogen-bond acceptors (Lipinski definition) is 4. The molecule has 3 nitrogen and oxygen atoms in total. The van der Waals surface area contributed by atoms with E-state index in [1.54, 1.807) is 17.6 Å². The number of aromatic nitrogens is 1. The SMILES string of the molecule is Cc1ccoc1-c1nc(C2CC2)c(CNC(C)(C)C)s1. The van der Waals surface area contributed by atoms with E-state index in [4.69, 9.17) is 9.40 Å². The lowest BCUT2D eigenvalue weighted by Gasteiger charge is -2.20. The molecule has 108 valence electrons. The third-order valence-electron chi connectivity index (χ3n) is 3.53. The van der Waals surface area contributed by atoms with Crippen molar-refractivity contribution in [3.05, 3.63) is 28.5 Å². The summed E-state index contributed by atoms with van der Waals surface area (Å²) >= 11 is 1.77. The average molecular weight is 290 g/mol. The van der Waals surface area contributed by atoms with Crippen molar-refractivity contribution in [1.82, 2.24) is 10.3 Å². The van der Waals surface area contributed by atoms with E-state index in [0.29, 0.717) is 5.92 Å². The monoisotopic (exact) mass is 290 g/mol. The van der Waals surface area contributed by atoms with Crippen molar-refractivity contribution in [2.75, 3.05) is 0 Å². The molecule has 1 N–H and O–H groups in total. The van der Waals surface area contributed by atoms with Crippen molar-refractivity contribution < 1.29 is 4.42 Å². The lowest BCUT2D eigenvalue weighted by molar-refractivity contribution is 0.425. The van der Waals surface area contributed by atoms with Crippen molar-refractivity contribution in [3.8, 4) is 10.8 Å². The van der Waals surface area contributed by atoms with Gasteiger partial charge in [-0.1, -0.05) is 0 Å². The number of hydrogen-bond donors (Lipinski definition) is 1. The number of thiazole rings is 1. The van der Waals surface area contributed by atoms with Crippen molar-refractivity contribution in [1.29, 1.82) is 0 Å². The fraction of sp³-hybridized carbons (Fsp3) is 0.562. The van der Waals surface area contributed by atoms with E-state index in [9.17, 15) is 0 Å². The van der Waals surface area contributed by atoms with E-state index < -0.39 is 0 Å². The van der Waals surface area contributed by atoms with E-state index in [1.165, 1.54) is 23.4 Å². The first kappa shape index (κ1) is 13.8. The summed E-state index contributed by atoms with van der Waals surface area (Å²) in [5.74, 6) is 1.60. The first-order chi connectivity index (χ1) is 9.44. The normalized spacial score (nSPS) is 15.8. The fourth-order valence-electron chi connectivity index (χ4n) is 2.20. The maximum Gasteiger partial charge on any atom is 0.165 e. The van der Waals surface area contributed by atoms with Crippen LogP contribution in [0, 0.1) is 6.92 Å². The predicted molar refractivity (Wildman–Crippen MR) is 83.1 cm³/mol. The van der Waals surface area contributed by atoms with Crippen LogP contribution in [-0.2, 0) is 6.54 Å². The number of nitrogens with one attached hydrogen (secondary N) is 1. The molecule has 3 rings (SSSR count). The van der Waals surface area contributed by atoms with Crippen LogP contribution in [0.15, 0.2) is 16.7 Å². The Morgan fingerprint density at radius 3 is 2.70 bits per heavy atom. The first-order valence-electron chi connectivity index (χ1n) is 7.23. The van der Waals surface area contributed by atoms with Gasteiger partial charge in [0.2, 0.25) is 0 Å². The molecule has 0 atom stereocenters. The van der Waals surface area contributed by atoms with Gasteiger partial charge in [0, 0.05) is 22.9 Å². The highest BCUT2D eigenvalue weighted by Crippen LogP contribution is 2.44. The predicted octanol–water partition coefficient (Wildman–Crippen LogP) is 4.48. The molecule has 2 aromatic rings. The molecular weight excluding hydrogens is 268 g/mol. The van der Waals surface area contributed by atoms with Gasteiger partial charge in [0.25, 0.3) is 0 Å². The zero-order chi connectivity index (χ0) is 14.3. The summed E-state index contributed by atoms with van der Waals surface area (Å²) in [4.78, 5) is 6.23. The van der Waals surface area contributed by atoms with Crippen LogP contribution in [0.3, 0.4) is 0 Å².